The van der Waals surface area contributed by atoms with Crippen LogP contribution >= 0.6 is 23.2 Å². The highest BCUT2D eigenvalue weighted by atomic mass is 35.5. The lowest BCUT2D eigenvalue weighted by atomic mass is 10.1. The standard InChI is InChI=1S/C18H19Cl2N3O2/c19-11-1-4-17(24)14(9-11)18(25)23-16-3-2-13(10-15(16)20)22-12-5-7-21-8-6-12/h1-4,9-10,12,21-22,24H,5-8H2,(H,23,25). The molecule has 0 aromatic heterocycles. The van der Waals surface area contributed by atoms with Crippen molar-refractivity contribution in [3.8, 4) is 5.75 Å². The molecule has 0 bridgehead atoms. The average molecular weight is 380 g/mol. The first kappa shape index (κ1) is 17.9. The van der Waals surface area contributed by atoms with Crippen molar-refractivity contribution in [1.82, 2.24) is 5.32 Å². The van der Waals surface area contributed by atoms with Crippen LogP contribution in [0.1, 0.15) is 23.2 Å². The molecule has 0 aliphatic carbocycles. The Hall–Kier alpha value is -1.95. The molecule has 0 atom stereocenters. The Morgan fingerprint density at radius 3 is 2.60 bits per heavy atom. The summed E-state index contributed by atoms with van der Waals surface area (Å²) < 4.78 is 0. The van der Waals surface area contributed by atoms with E-state index in [9.17, 15) is 9.90 Å². The number of anilines is 2. The van der Waals surface area contributed by atoms with Crippen molar-refractivity contribution in [2.24, 2.45) is 0 Å². The zero-order valence-corrected chi connectivity index (χ0v) is 15.0. The molecule has 1 saturated heterocycles. The van der Waals surface area contributed by atoms with Crippen LogP contribution in [0.2, 0.25) is 10.0 Å². The first-order chi connectivity index (χ1) is 12.0. The lowest BCUT2D eigenvalue weighted by Crippen LogP contribution is -2.35. The summed E-state index contributed by atoms with van der Waals surface area (Å²) in [6, 6.07) is 10.1. The summed E-state index contributed by atoms with van der Waals surface area (Å²) in [5.74, 6) is -0.608. The lowest BCUT2D eigenvalue weighted by molar-refractivity contribution is 0.102. The van der Waals surface area contributed by atoms with Gasteiger partial charge in [-0.05, 0) is 62.3 Å². The highest BCUT2D eigenvalue weighted by molar-refractivity contribution is 6.34. The summed E-state index contributed by atoms with van der Waals surface area (Å²) in [4.78, 5) is 12.3. The molecule has 1 aliphatic heterocycles. The van der Waals surface area contributed by atoms with Crippen LogP contribution in [0.5, 0.6) is 5.75 Å². The molecule has 1 heterocycles. The van der Waals surface area contributed by atoms with Gasteiger partial charge in [-0.1, -0.05) is 23.2 Å². The van der Waals surface area contributed by atoms with Gasteiger partial charge in [-0.15, -0.1) is 0 Å². The van der Waals surface area contributed by atoms with Gasteiger partial charge in [-0.25, -0.2) is 0 Å². The molecule has 0 saturated carbocycles. The van der Waals surface area contributed by atoms with E-state index in [2.05, 4.69) is 16.0 Å². The maximum absolute atomic E-state index is 12.3. The van der Waals surface area contributed by atoms with E-state index in [1.165, 1.54) is 18.2 Å². The highest BCUT2D eigenvalue weighted by Gasteiger charge is 2.15. The van der Waals surface area contributed by atoms with E-state index in [0.29, 0.717) is 21.8 Å². The molecule has 0 spiro atoms. The van der Waals surface area contributed by atoms with Crippen LogP contribution in [0.15, 0.2) is 36.4 Å². The number of hydrogen-bond acceptors (Lipinski definition) is 4. The molecule has 2 aromatic rings. The van der Waals surface area contributed by atoms with Crippen LogP contribution in [0, 0.1) is 0 Å². The molecule has 132 valence electrons. The van der Waals surface area contributed by atoms with Crippen LogP contribution in [-0.4, -0.2) is 30.1 Å². The molecule has 1 amide bonds. The van der Waals surface area contributed by atoms with Gasteiger partial charge in [-0.3, -0.25) is 4.79 Å². The highest BCUT2D eigenvalue weighted by Crippen LogP contribution is 2.28. The van der Waals surface area contributed by atoms with Crippen molar-refractivity contribution in [2.75, 3.05) is 23.7 Å². The van der Waals surface area contributed by atoms with Crippen molar-refractivity contribution in [3.05, 3.63) is 52.0 Å². The van der Waals surface area contributed by atoms with Gasteiger partial charge in [0.05, 0.1) is 16.3 Å². The average Bonchev–Trinajstić information content (AvgIpc) is 2.60. The number of halogens is 2. The number of benzene rings is 2. The minimum atomic E-state index is -0.471. The summed E-state index contributed by atoms with van der Waals surface area (Å²) in [5, 5.41) is 20.1. The number of carbonyl (C=O) groups excluding carboxylic acids is 1. The summed E-state index contributed by atoms with van der Waals surface area (Å²) in [6.45, 7) is 2.01. The zero-order chi connectivity index (χ0) is 17.8. The van der Waals surface area contributed by atoms with Gasteiger partial charge in [0.15, 0.2) is 0 Å². The molecule has 0 radical (unpaired) electrons. The zero-order valence-electron chi connectivity index (χ0n) is 13.5. The van der Waals surface area contributed by atoms with E-state index in [1.54, 1.807) is 12.1 Å². The Kier molecular flexibility index (Phi) is 5.68. The number of hydrogen-bond donors (Lipinski definition) is 4. The number of aromatic hydroxyl groups is 1. The fourth-order valence-electron chi connectivity index (χ4n) is 2.79. The van der Waals surface area contributed by atoms with Crippen molar-refractivity contribution in [2.45, 2.75) is 18.9 Å². The molecule has 3 rings (SSSR count). The Labute approximate surface area is 156 Å². The lowest BCUT2D eigenvalue weighted by Gasteiger charge is -2.25. The normalized spacial score (nSPS) is 15.0. The van der Waals surface area contributed by atoms with Crippen LogP contribution in [0.25, 0.3) is 0 Å². The molecule has 4 N–H and O–H groups in total. The van der Waals surface area contributed by atoms with Crippen LogP contribution < -0.4 is 16.0 Å². The molecule has 2 aromatic carbocycles. The van der Waals surface area contributed by atoms with Gasteiger partial charge >= 0.3 is 0 Å². The Bertz CT molecular complexity index is 777. The maximum atomic E-state index is 12.3. The molecule has 1 fully saturated rings. The van der Waals surface area contributed by atoms with Gasteiger partial charge in [0.2, 0.25) is 0 Å². The molecular formula is C18H19Cl2N3O2. The van der Waals surface area contributed by atoms with Crippen LogP contribution in [0.4, 0.5) is 11.4 Å². The molecule has 1 aliphatic rings. The van der Waals surface area contributed by atoms with Crippen LogP contribution in [0.3, 0.4) is 0 Å². The van der Waals surface area contributed by atoms with Crippen molar-refractivity contribution in [3.63, 3.8) is 0 Å². The van der Waals surface area contributed by atoms with E-state index in [0.717, 1.165) is 31.6 Å². The topological polar surface area (TPSA) is 73.4 Å². The second-order valence-electron chi connectivity index (χ2n) is 5.98. The summed E-state index contributed by atoms with van der Waals surface area (Å²) in [5.41, 5.74) is 1.49. The van der Waals surface area contributed by atoms with Gasteiger partial charge in [0.1, 0.15) is 5.75 Å². The summed E-state index contributed by atoms with van der Waals surface area (Å²) >= 11 is 12.2. The van der Waals surface area contributed by atoms with Gasteiger partial charge < -0.3 is 21.1 Å². The predicted molar refractivity (Wildman–Crippen MR) is 102 cm³/mol. The van der Waals surface area contributed by atoms with Crippen molar-refractivity contribution >= 4 is 40.5 Å². The first-order valence-corrected chi connectivity index (χ1v) is 8.85. The summed E-state index contributed by atoms with van der Waals surface area (Å²) in [7, 11) is 0. The first-order valence-electron chi connectivity index (χ1n) is 8.09. The predicted octanol–water partition coefficient (Wildman–Crippen LogP) is 4.12. The number of rotatable bonds is 4. The Morgan fingerprint density at radius 2 is 1.88 bits per heavy atom. The number of piperidine rings is 1. The number of phenolic OH excluding ortho intramolecular Hbond substituents is 1. The Balaban J connectivity index is 1.70. The fourth-order valence-corrected chi connectivity index (χ4v) is 3.19. The van der Waals surface area contributed by atoms with Crippen LogP contribution in [-0.2, 0) is 0 Å². The van der Waals surface area contributed by atoms with E-state index < -0.39 is 5.91 Å². The number of amides is 1. The largest absolute Gasteiger partial charge is 0.507 e. The smallest absolute Gasteiger partial charge is 0.259 e. The molecule has 25 heavy (non-hydrogen) atoms. The second-order valence-corrected chi connectivity index (χ2v) is 6.82. The van der Waals surface area contributed by atoms with Gasteiger partial charge in [0.25, 0.3) is 5.91 Å². The van der Waals surface area contributed by atoms with Crippen molar-refractivity contribution in [1.29, 1.82) is 0 Å². The SMILES string of the molecule is O=C(Nc1ccc(NC2CCNCC2)cc1Cl)c1cc(Cl)ccc1O. The minimum absolute atomic E-state index is 0.0977. The second kappa shape index (κ2) is 7.95. The Morgan fingerprint density at radius 1 is 1.12 bits per heavy atom. The van der Waals surface area contributed by atoms with E-state index >= 15 is 0 Å². The van der Waals surface area contributed by atoms with E-state index in [4.69, 9.17) is 23.2 Å². The molecule has 0 unspecified atom stereocenters. The number of nitrogens with one attached hydrogen (secondary N) is 3. The third-order valence-corrected chi connectivity index (χ3v) is 4.68. The quantitative estimate of drug-likeness (QED) is 0.644. The molecular weight excluding hydrogens is 361 g/mol. The van der Waals surface area contributed by atoms with Gasteiger partial charge in [-0.2, -0.15) is 0 Å². The molecule has 5 nitrogen and oxygen atoms in total. The van der Waals surface area contributed by atoms with Crippen molar-refractivity contribution < 1.29 is 9.90 Å². The fraction of sp³-hybridized carbons (Fsp3) is 0.278. The maximum Gasteiger partial charge on any atom is 0.259 e. The van der Waals surface area contributed by atoms with E-state index in [1.807, 2.05) is 6.07 Å². The third kappa shape index (κ3) is 4.57. The van der Waals surface area contributed by atoms with Gasteiger partial charge in [0, 0.05) is 16.8 Å². The minimum Gasteiger partial charge on any atom is -0.507 e. The number of phenols is 1. The monoisotopic (exact) mass is 379 g/mol. The summed E-state index contributed by atoms with van der Waals surface area (Å²) in [6.07, 6.45) is 2.12. The third-order valence-electron chi connectivity index (χ3n) is 4.13. The van der Waals surface area contributed by atoms with E-state index in [-0.39, 0.29) is 11.3 Å². The molecule has 7 heteroatoms. The number of carbonyl (C=O) groups is 1.